The van der Waals surface area contributed by atoms with E-state index in [1.54, 1.807) is 19.9 Å². The van der Waals surface area contributed by atoms with Crippen molar-refractivity contribution in [3.05, 3.63) is 71.3 Å². The fourth-order valence-electron chi connectivity index (χ4n) is 8.69. The number of aromatic nitrogens is 5. The highest BCUT2D eigenvalue weighted by Crippen LogP contribution is 2.40. The first-order valence-corrected chi connectivity index (χ1v) is 20.9. The summed E-state index contributed by atoms with van der Waals surface area (Å²) < 4.78 is 78.7. The lowest BCUT2D eigenvalue weighted by atomic mass is 9.94. The van der Waals surface area contributed by atoms with Crippen LogP contribution in [0.25, 0.3) is 32.9 Å². The van der Waals surface area contributed by atoms with Gasteiger partial charge >= 0.3 is 12.2 Å². The number of nitrogens with one attached hydrogen (secondary N) is 1. The molecule has 0 aliphatic carbocycles. The molecule has 0 bridgehead atoms. The fourth-order valence-corrected chi connectivity index (χ4v) is 8.69. The van der Waals surface area contributed by atoms with E-state index in [2.05, 4.69) is 30.2 Å². The average molecular weight is 823 g/mol. The summed E-state index contributed by atoms with van der Waals surface area (Å²) in [4.78, 5) is 23.2. The molecule has 1 atom stereocenters. The van der Waals surface area contributed by atoms with E-state index in [0.29, 0.717) is 46.5 Å². The molecule has 15 heteroatoms. The summed E-state index contributed by atoms with van der Waals surface area (Å²) in [5.74, 6) is -0.205. The molecule has 3 fully saturated rings. The molecule has 8 rings (SSSR count). The Bertz CT molecular complexity index is 2190. The number of aryl methyl sites for hydroxylation is 2. The van der Waals surface area contributed by atoms with Crippen molar-refractivity contribution in [3.8, 4) is 23.1 Å². The minimum atomic E-state index is -4.45. The lowest BCUT2D eigenvalue weighted by Crippen LogP contribution is -2.43. The third kappa shape index (κ3) is 10.00. The van der Waals surface area contributed by atoms with E-state index in [4.69, 9.17) is 20.2 Å². The van der Waals surface area contributed by atoms with E-state index in [-0.39, 0.29) is 46.9 Å². The van der Waals surface area contributed by atoms with E-state index < -0.39 is 17.7 Å². The fraction of sp³-hybridized carbons (Fsp3) is 0.523. The van der Waals surface area contributed by atoms with Crippen LogP contribution in [0, 0.1) is 24.5 Å². The summed E-state index contributed by atoms with van der Waals surface area (Å²) in [6.45, 7) is 12.4. The molecular formula is C44H55F5N8O2. The van der Waals surface area contributed by atoms with Crippen molar-refractivity contribution in [1.82, 2.24) is 35.1 Å². The first kappa shape index (κ1) is 43.8. The summed E-state index contributed by atoms with van der Waals surface area (Å²) in [5.41, 5.74) is 7.51. The lowest BCUT2D eigenvalue weighted by molar-refractivity contribution is -0.141. The average Bonchev–Trinajstić information content (AvgIpc) is 3.71. The minimum absolute atomic E-state index is 0.00238. The summed E-state index contributed by atoms with van der Waals surface area (Å²) in [6.07, 6.45) is 7.05. The second-order valence-electron chi connectivity index (χ2n) is 15.2. The number of nitrogens with zero attached hydrogens (tertiary/aromatic N) is 6. The first-order chi connectivity index (χ1) is 28.5. The Morgan fingerprint density at radius 2 is 1.73 bits per heavy atom. The van der Waals surface area contributed by atoms with E-state index in [0.717, 1.165) is 82.5 Å². The lowest BCUT2D eigenvalue weighted by Gasteiger charge is -2.31. The van der Waals surface area contributed by atoms with Crippen molar-refractivity contribution in [2.75, 3.05) is 45.1 Å². The van der Waals surface area contributed by atoms with Crippen molar-refractivity contribution in [3.63, 3.8) is 0 Å². The zero-order valence-electron chi connectivity index (χ0n) is 34.4. The molecule has 318 valence electrons. The Labute approximate surface area is 342 Å². The van der Waals surface area contributed by atoms with Gasteiger partial charge in [-0.05, 0) is 126 Å². The van der Waals surface area contributed by atoms with Gasteiger partial charge in [-0.25, -0.2) is 23.7 Å². The molecule has 3 aromatic heterocycles. The maximum absolute atomic E-state index is 16.7. The maximum Gasteiger partial charge on any atom is 0.433 e. The first-order valence-electron chi connectivity index (χ1n) is 20.9. The van der Waals surface area contributed by atoms with Gasteiger partial charge in [-0.15, -0.1) is 0 Å². The number of fused-ring (bicyclic) bond motifs is 3. The van der Waals surface area contributed by atoms with Gasteiger partial charge in [-0.1, -0.05) is 44.5 Å². The van der Waals surface area contributed by atoms with Gasteiger partial charge in [0.2, 0.25) is 5.88 Å². The molecule has 2 aromatic carbocycles. The van der Waals surface area contributed by atoms with Crippen LogP contribution in [0.2, 0.25) is 0 Å². The molecule has 3 aliphatic heterocycles. The normalized spacial score (nSPS) is 17.7. The van der Waals surface area contributed by atoms with E-state index in [1.807, 2.05) is 32.0 Å². The SMILES string of the molecule is CC.CCOc1cc(C(F)(F)F)ncn1.Cc1c(F)ccc2cccc(-c3nc(CCCC4CCCCNC4)c4c(N)nc(OCC56CCCN5CCC6)nc4c3F)c12. The van der Waals surface area contributed by atoms with Crippen LogP contribution in [0.5, 0.6) is 11.9 Å². The smallest absolute Gasteiger partial charge is 0.433 e. The van der Waals surface area contributed by atoms with Crippen LogP contribution in [0.15, 0.2) is 42.7 Å². The number of nitrogens with two attached hydrogens (primary N) is 1. The van der Waals surface area contributed by atoms with Crippen LogP contribution in [0.4, 0.5) is 27.8 Å². The molecule has 3 saturated heterocycles. The second-order valence-corrected chi connectivity index (χ2v) is 15.2. The molecule has 10 nitrogen and oxygen atoms in total. The highest BCUT2D eigenvalue weighted by molar-refractivity contribution is 6.01. The zero-order chi connectivity index (χ0) is 42.2. The van der Waals surface area contributed by atoms with Crippen molar-refractivity contribution in [2.45, 2.75) is 104 Å². The molecular weight excluding hydrogens is 768 g/mol. The van der Waals surface area contributed by atoms with Gasteiger partial charge in [0.15, 0.2) is 11.5 Å². The number of hydrogen-bond donors (Lipinski definition) is 2. The largest absolute Gasteiger partial charge is 0.478 e. The Morgan fingerprint density at radius 3 is 2.47 bits per heavy atom. The van der Waals surface area contributed by atoms with Crippen molar-refractivity contribution < 1.29 is 31.4 Å². The number of alkyl halides is 3. The minimum Gasteiger partial charge on any atom is -0.478 e. The summed E-state index contributed by atoms with van der Waals surface area (Å²) in [7, 11) is 0. The maximum atomic E-state index is 16.7. The predicted octanol–water partition coefficient (Wildman–Crippen LogP) is 9.65. The van der Waals surface area contributed by atoms with Crippen molar-refractivity contribution in [1.29, 1.82) is 0 Å². The summed E-state index contributed by atoms with van der Waals surface area (Å²) in [6, 6.07) is 9.61. The van der Waals surface area contributed by atoms with E-state index >= 15 is 4.39 Å². The van der Waals surface area contributed by atoms with Gasteiger partial charge in [0.05, 0.1) is 23.2 Å². The zero-order valence-corrected chi connectivity index (χ0v) is 34.4. The number of halogens is 5. The van der Waals surface area contributed by atoms with Gasteiger partial charge in [0.1, 0.15) is 35.8 Å². The third-order valence-electron chi connectivity index (χ3n) is 11.5. The summed E-state index contributed by atoms with van der Waals surface area (Å²) in [5, 5.41) is 5.47. The van der Waals surface area contributed by atoms with E-state index in [1.165, 1.54) is 25.3 Å². The van der Waals surface area contributed by atoms with Gasteiger partial charge in [0.25, 0.3) is 0 Å². The van der Waals surface area contributed by atoms with Gasteiger partial charge in [0, 0.05) is 11.6 Å². The standard InChI is InChI=1S/C35H42F2N6O.C7H7F3N2O.C2H6/c1-22-26(36)14-13-24-10-5-11-25(28(22)24)31-30(37)32-29(27(40-31)12-4-9-23-8-2-3-17-39-20-23)33(38)42-34(41-32)44-21-35-15-6-18-43(35)19-7-16-35;1-2-13-6-3-5(7(8,9)10)11-4-12-6;1-2/h5,10-11,13-14,23,39H,2-4,6-9,12,15-21H2,1H3,(H2,38,41,42);3-4H,2H2,1H3;1-2H3. The monoisotopic (exact) mass is 822 g/mol. The number of benzene rings is 2. The number of pyridine rings is 1. The van der Waals surface area contributed by atoms with Crippen LogP contribution in [-0.2, 0) is 12.6 Å². The predicted molar refractivity (Wildman–Crippen MR) is 220 cm³/mol. The number of ether oxygens (including phenoxy) is 2. The van der Waals surface area contributed by atoms with Crippen molar-refractivity contribution >= 4 is 27.5 Å². The van der Waals surface area contributed by atoms with Gasteiger partial charge < -0.3 is 20.5 Å². The molecule has 1 unspecified atom stereocenters. The highest BCUT2D eigenvalue weighted by Gasteiger charge is 2.45. The molecule has 3 N–H and O–H groups in total. The van der Waals surface area contributed by atoms with Crippen LogP contribution < -0.4 is 20.5 Å². The van der Waals surface area contributed by atoms with Crippen LogP contribution in [0.3, 0.4) is 0 Å². The van der Waals surface area contributed by atoms with Crippen molar-refractivity contribution in [2.24, 2.45) is 5.92 Å². The number of hydrogen-bond acceptors (Lipinski definition) is 10. The number of nitrogen functional groups attached to an aromatic ring is 1. The Morgan fingerprint density at radius 1 is 0.949 bits per heavy atom. The third-order valence-corrected chi connectivity index (χ3v) is 11.5. The molecule has 0 saturated carbocycles. The van der Waals surface area contributed by atoms with Crippen LogP contribution in [0.1, 0.15) is 95.5 Å². The molecule has 0 radical (unpaired) electrons. The van der Waals surface area contributed by atoms with Crippen LogP contribution >= 0.6 is 0 Å². The van der Waals surface area contributed by atoms with Crippen LogP contribution in [-0.4, -0.2) is 74.8 Å². The summed E-state index contributed by atoms with van der Waals surface area (Å²) >= 11 is 0. The number of rotatable bonds is 10. The Kier molecular flexibility index (Phi) is 14.5. The molecule has 0 amide bonds. The van der Waals surface area contributed by atoms with E-state index in [9.17, 15) is 17.6 Å². The molecule has 59 heavy (non-hydrogen) atoms. The quantitative estimate of drug-likeness (QED) is 0.132. The molecule has 3 aliphatic rings. The Balaban J connectivity index is 0.000000332. The highest BCUT2D eigenvalue weighted by atomic mass is 19.4. The second kappa shape index (κ2) is 19.5. The topological polar surface area (TPSA) is 124 Å². The van der Waals surface area contributed by atoms with Gasteiger partial charge in [-0.2, -0.15) is 23.1 Å². The molecule has 0 spiro atoms. The van der Waals surface area contributed by atoms with Gasteiger partial charge in [-0.3, -0.25) is 4.90 Å². The Hall–Kier alpha value is -4.76. The molecule has 5 aromatic rings. The molecule has 6 heterocycles. The number of anilines is 1.